The monoisotopic (exact) mass is 315 g/mol. The SMILES string of the molecule is Cc1cc(S(=O)(=O)NC2CCC(C(=O)O)CC2)ccc1F. The average Bonchev–Trinajstić information content (AvgIpc) is 2.42. The van der Waals surface area contributed by atoms with Gasteiger partial charge in [0, 0.05) is 6.04 Å². The van der Waals surface area contributed by atoms with E-state index in [2.05, 4.69) is 4.72 Å². The standard InChI is InChI=1S/C14H18FNO4S/c1-9-8-12(6-7-13(9)15)21(19,20)16-11-4-2-10(3-5-11)14(17)18/h6-8,10-11,16H,2-5H2,1H3,(H,17,18). The molecule has 0 heterocycles. The van der Waals surface area contributed by atoms with E-state index >= 15 is 0 Å². The van der Waals surface area contributed by atoms with Crippen LogP contribution in [0.25, 0.3) is 0 Å². The Bertz CT molecular complexity index is 636. The molecule has 1 aliphatic carbocycles. The highest BCUT2D eigenvalue weighted by molar-refractivity contribution is 7.89. The second-order valence-corrected chi connectivity index (χ2v) is 7.13. The van der Waals surface area contributed by atoms with Crippen LogP contribution in [0.5, 0.6) is 0 Å². The number of rotatable bonds is 4. The summed E-state index contributed by atoms with van der Waals surface area (Å²) in [7, 11) is -3.70. The minimum Gasteiger partial charge on any atom is -0.481 e. The largest absolute Gasteiger partial charge is 0.481 e. The number of carboxylic acids is 1. The van der Waals surface area contributed by atoms with Gasteiger partial charge in [-0.15, -0.1) is 0 Å². The van der Waals surface area contributed by atoms with Gasteiger partial charge in [0.2, 0.25) is 10.0 Å². The number of aryl methyl sites for hydroxylation is 1. The first-order valence-corrected chi connectivity index (χ1v) is 8.29. The number of aliphatic carboxylic acids is 1. The minimum atomic E-state index is -3.70. The Labute approximate surface area is 123 Å². The molecule has 0 amide bonds. The Kier molecular flexibility index (Phi) is 4.63. The lowest BCUT2D eigenvalue weighted by molar-refractivity contribution is -0.142. The molecule has 1 aliphatic rings. The number of nitrogens with one attached hydrogen (secondary N) is 1. The van der Waals surface area contributed by atoms with Crippen LogP contribution in [-0.4, -0.2) is 25.5 Å². The van der Waals surface area contributed by atoms with Crippen molar-refractivity contribution in [3.63, 3.8) is 0 Å². The molecule has 5 nitrogen and oxygen atoms in total. The van der Waals surface area contributed by atoms with Gasteiger partial charge < -0.3 is 5.11 Å². The molecular weight excluding hydrogens is 297 g/mol. The fourth-order valence-electron chi connectivity index (χ4n) is 2.53. The van der Waals surface area contributed by atoms with Crippen LogP contribution in [0, 0.1) is 18.7 Å². The molecule has 21 heavy (non-hydrogen) atoms. The van der Waals surface area contributed by atoms with Crippen molar-refractivity contribution in [2.45, 2.75) is 43.5 Å². The van der Waals surface area contributed by atoms with Gasteiger partial charge >= 0.3 is 5.97 Å². The average molecular weight is 315 g/mol. The van der Waals surface area contributed by atoms with Crippen molar-refractivity contribution in [3.05, 3.63) is 29.6 Å². The Morgan fingerprint density at radius 1 is 1.29 bits per heavy atom. The van der Waals surface area contributed by atoms with E-state index in [0.717, 1.165) is 6.07 Å². The summed E-state index contributed by atoms with van der Waals surface area (Å²) < 4.78 is 40.2. The van der Waals surface area contributed by atoms with Crippen molar-refractivity contribution in [2.75, 3.05) is 0 Å². The summed E-state index contributed by atoms with van der Waals surface area (Å²) in [5, 5.41) is 8.92. The molecule has 2 rings (SSSR count). The van der Waals surface area contributed by atoms with E-state index in [1.165, 1.54) is 19.1 Å². The third-order valence-electron chi connectivity index (χ3n) is 3.84. The van der Waals surface area contributed by atoms with Gasteiger partial charge in [-0.2, -0.15) is 0 Å². The fraction of sp³-hybridized carbons (Fsp3) is 0.500. The van der Waals surface area contributed by atoms with Gasteiger partial charge in [-0.05, 0) is 56.4 Å². The minimum absolute atomic E-state index is 0.0294. The number of hydrogen-bond donors (Lipinski definition) is 2. The molecule has 1 aromatic rings. The van der Waals surface area contributed by atoms with Gasteiger partial charge in [-0.1, -0.05) is 0 Å². The van der Waals surface area contributed by atoms with Crippen LogP contribution in [0.1, 0.15) is 31.2 Å². The molecule has 0 radical (unpaired) electrons. The van der Waals surface area contributed by atoms with Crippen LogP contribution in [0.2, 0.25) is 0 Å². The normalized spacial score (nSPS) is 23.0. The van der Waals surface area contributed by atoms with Crippen LogP contribution in [0.4, 0.5) is 4.39 Å². The van der Waals surface area contributed by atoms with Gasteiger partial charge in [0.1, 0.15) is 5.82 Å². The summed E-state index contributed by atoms with van der Waals surface area (Å²) in [6, 6.07) is 3.38. The van der Waals surface area contributed by atoms with Crippen LogP contribution in [0.3, 0.4) is 0 Å². The Hall–Kier alpha value is -1.47. The van der Waals surface area contributed by atoms with Crippen LogP contribution in [-0.2, 0) is 14.8 Å². The molecule has 0 aromatic heterocycles. The highest BCUT2D eigenvalue weighted by Crippen LogP contribution is 2.25. The Morgan fingerprint density at radius 3 is 2.43 bits per heavy atom. The van der Waals surface area contributed by atoms with E-state index in [4.69, 9.17) is 5.11 Å². The van der Waals surface area contributed by atoms with E-state index in [9.17, 15) is 17.6 Å². The van der Waals surface area contributed by atoms with Crippen LogP contribution < -0.4 is 4.72 Å². The zero-order valence-electron chi connectivity index (χ0n) is 11.7. The number of hydrogen-bond acceptors (Lipinski definition) is 3. The number of sulfonamides is 1. The maximum Gasteiger partial charge on any atom is 0.306 e. The predicted octanol–water partition coefficient (Wildman–Crippen LogP) is 2.06. The quantitative estimate of drug-likeness (QED) is 0.891. The maximum absolute atomic E-state index is 13.2. The van der Waals surface area contributed by atoms with Gasteiger partial charge in [-0.3, -0.25) is 4.79 Å². The summed E-state index contributed by atoms with van der Waals surface area (Å²) in [4.78, 5) is 10.9. The van der Waals surface area contributed by atoms with E-state index in [-0.39, 0.29) is 22.4 Å². The third-order valence-corrected chi connectivity index (χ3v) is 5.36. The van der Waals surface area contributed by atoms with Gasteiger partial charge in [-0.25, -0.2) is 17.5 Å². The molecule has 1 aromatic carbocycles. The zero-order valence-corrected chi connectivity index (χ0v) is 12.5. The van der Waals surface area contributed by atoms with E-state index < -0.39 is 21.8 Å². The molecular formula is C14H18FNO4S. The van der Waals surface area contributed by atoms with Crippen molar-refractivity contribution in [1.29, 1.82) is 0 Å². The zero-order chi connectivity index (χ0) is 15.6. The third kappa shape index (κ3) is 3.79. The Morgan fingerprint density at radius 2 is 1.90 bits per heavy atom. The topological polar surface area (TPSA) is 83.5 Å². The van der Waals surface area contributed by atoms with Crippen molar-refractivity contribution in [3.8, 4) is 0 Å². The fourth-order valence-corrected chi connectivity index (χ4v) is 3.92. The molecule has 2 N–H and O–H groups in total. The van der Waals surface area contributed by atoms with E-state index in [0.29, 0.717) is 25.7 Å². The predicted molar refractivity (Wildman–Crippen MR) is 74.8 cm³/mol. The number of carbonyl (C=O) groups is 1. The molecule has 0 saturated heterocycles. The first-order chi connectivity index (χ1) is 9.79. The molecule has 0 aliphatic heterocycles. The molecule has 7 heteroatoms. The highest BCUT2D eigenvalue weighted by Gasteiger charge is 2.28. The number of halogens is 1. The highest BCUT2D eigenvalue weighted by atomic mass is 32.2. The molecule has 116 valence electrons. The van der Waals surface area contributed by atoms with E-state index in [1.807, 2.05) is 0 Å². The van der Waals surface area contributed by atoms with Crippen molar-refractivity contribution >= 4 is 16.0 Å². The molecule has 1 fully saturated rings. The lowest BCUT2D eigenvalue weighted by Crippen LogP contribution is -2.38. The lowest BCUT2D eigenvalue weighted by Gasteiger charge is -2.26. The number of benzene rings is 1. The summed E-state index contributed by atoms with van der Waals surface area (Å²) in [6.45, 7) is 1.51. The van der Waals surface area contributed by atoms with Crippen molar-refractivity contribution < 1.29 is 22.7 Å². The van der Waals surface area contributed by atoms with E-state index in [1.54, 1.807) is 0 Å². The molecule has 1 saturated carbocycles. The second-order valence-electron chi connectivity index (χ2n) is 5.42. The Balaban J connectivity index is 2.05. The molecule has 0 atom stereocenters. The summed E-state index contributed by atoms with van der Waals surface area (Å²) in [6.07, 6.45) is 1.92. The first-order valence-electron chi connectivity index (χ1n) is 6.81. The van der Waals surface area contributed by atoms with Crippen LogP contribution in [0.15, 0.2) is 23.1 Å². The summed E-state index contributed by atoms with van der Waals surface area (Å²) in [5.41, 5.74) is 0.271. The molecule has 0 unspecified atom stereocenters. The lowest BCUT2D eigenvalue weighted by atomic mass is 9.87. The summed E-state index contributed by atoms with van der Waals surface area (Å²) in [5.74, 6) is -1.67. The number of carboxylic acid groups (broad SMARTS) is 1. The first kappa shape index (κ1) is 15.9. The van der Waals surface area contributed by atoms with Crippen molar-refractivity contribution in [1.82, 2.24) is 4.72 Å². The van der Waals surface area contributed by atoms with Gasteiger partial charge in [0.15, 0.2) is 0 Å². The molecule has 0 spiro atoms. The van der Waals surface area contributed by atoms with Gasteiger partial charge in [0.25, 0.3) is 0 Å². The molecule has 0 bridgehead atoms. The van der Waals surface area contributed by atoms with Crippen LogP contribution >= 0.6 is 0 Å². The van der Waals surface area contributed by atoms with Crippen molar-refractivity contribution in [2.24, 2.45) is 5.92 Å². The maximum atomic E-state index is 13.2. The summed E-state index contributed by atoms with van der Waals surface area (Å²) >= 11 is 0. The smallest absolute Gasteiger partial charge is 0.306 e. The van der Waals surface area contributed by atoms with Gasteiger partial charge in [0.05, 0.1) is 10.8 Å². The second kappa shape index (κ2) is 6.11.